The summed E-state index contributed by atoms with van der Waals surface area (Å²) in [5.41, 5.74) is 3.11. The van der Waals surface area contributed by atoms with Gasteiger partial charge in [-0.3, -0.25) is 4.98 Å². The van der Waals surface area contributed by atoms with Gasteiger partial charge in [-0.15, -0.1) is 0 Å². The van der Waals surface area contributed by atoms with Crippen molar-refractivity contribution in [1.29, 1.82) is 0 Å². The van der Waals surface area contributed by atoms with Crippen LogP contribution in [-0.2, 0) is 0 Å². The van der Waals surface area contributed by atoms with Crippen LogP contribution >= 0.6 is 104 Å². The third kappa shape index (κ3) is 5.19. The second-order valence-electron chi connectivity index (χ2n) is 6.85. The molecule has 0 fully saturated rings. The van der Waals surface area contributed by atoms with Crippen LogP contribution in [0.15, 0.2) is 48.7 Å². The van der Waals surface area contributed by atoms with Crippen molar-refractivity contribution in [3.8, 4) is 33.5 Å². The van der Waals surface area contributed by atoms with E-state index in [1.54, 1.807) is 48.7 Å². The Kier molecular flexibility index (Phi) is 7.88. The van der Waals surface area contributed by atoms with Crippen molar-refractivity contribution in [3.05, 3.63) is 93.9 Å². The Morgan fingerprint density at radius 2 is 0.727 bits per heavy atom. The summed E-state index contributed by atoms with van der Waals surface area (Å²) in [6.07, 6.45) is 1.59. The maximum absolute atomic E-state index is 6.57. The number of rotatable bonds is 3. The molecule has 1 heterocycles. The fourth-order valence-electron chi connectivity index (χ4n) is 3.38. The van der Waals surface area contributed by atoms with Crippen molar-refractivity contribution in [2.45, 2.75) is 0 Å². The van der Waals surface area contributed by atoms with Crippen LogP contribution in [-0.4, -0.2) is 4.98 Å². The minimum absolute atomic E-state index is 0.320. The van der Waals surface area contributed by atoms with E-state index < -0.39 is 0 Å². The fourth-order valence-corrected chi connectivity index (χ4v) is 6.44. The number of nitrogens with zero attached hydrogens (tertiary/aromatic N) is 1. The van der Waals surface area contributed by atoms with E-state index in [-0.39, 0.29) is 0 Å². The smallest absolute Gasteiger partial charge is 0.0738 e. The van der Waals surface area contributed by atoms with E-state index in [1.807, 2.05) is 0 Å². The van der Waals surface area contributed by atoms with E-state index in [0.717, 1.165) is 0 Å². The highest BCUT2D eigenvalue weighted by Gasteiger charge is 2.22. The SMILES string of the molecule is Clc1cc(Cl)c(-c2cc(-c3c(Cl)cc(Cl)cc3Cl)c(-c3c(Cl)cc(Cl)cc3Cl)cn2)c(Cl)c1. The largest absolute Gasteiger partial charge is 0.255 e. The van der Waals surface area contributed by atoms with Gasteiger partial charge in [-0.05, 0) is 48.0 Å². The van der Waals surface area contributed by atoms with Crippen LogP contribution in [0.4, 0.5) is 0 Å². The Balaban J connectivity index is 2.09. The van der Waals surface area contributed by atoms with Crippen LogP contribution in [0.2, 0.25) is 45.2 Å². The van der Waals surface area contributed by atoms with Crippen LogP contribution in [0.3, 0.4) is 0 Å². The lowest BCUT2D eigenvalue weighted by molar-refractivity contribution is 1.32. The Morgan fingerprint density at radius 3 is 1.12 bits per heavy atom. The number of halogens is 9. The van der Waals surface area contributed by atoms with Crippen molar-refractivity contribution in [3.63, 3.8) is 0 Å². The van der Waals surface area contributed by atoms with Gasteiger partial charge in [0.2, 0.25) is 0 Å². The molecule has 1 aromatic heterocycles. The predicted octanol–water partition coefficient (Wildman–Crippen LogP) is 12.0. The van der Waals surface area contributed by atoms with Crippen LogP contribution in [0, 0.1) is 0 Å². The summed E-state index contributed by atoms with van der Waals surface area (Å²) in [7, 11) is 0. The van der Waals surface area contributed by atoms with Crippen molar-refractivity contribution in [2.24, 2.45) is 0 Å². The van der Waals surface area contributed by atoms with E-state index in [4.69, 9.17) is 104 Å². The average molecular weight is 617 g/mol. The standard InChI is InChI=1S/C23H8Cl9N/c24-9-1-14(27)21(15(28)2-9)12-7-20(23-18(31)5-11(26)6-19(23)32)33-8-13(12)22-16(29)3-10(25)4-17(22)30/h1-8H. The summed E-state index contributed by atoms with van der Waals surface area (Å²) in [5.74, 6) is 0. The van der Waals surface area contributed by atoms with Gasteiger partial charge in [0.1, 0.15) is 0 Å². The van der Waals surface area contributed by atoms with Gasteiger partial charge in [0.05, 0.1) is 35.8 Å². The summed E-state index contributed by atoms with van der Waals surface area (Å²) >= 11 is 57.4. The van der Waals surface area contributed by atoms with Gasteiger partial charge in [-0.2, -0.15) is 0 Å². The number of hydrogen-bond acceptors (Lipinski definition) is 1. The highest BCUT2D eigenvalue weighted by Crippen LogP contribution is 2.47. The van der Waals surface area contributed by atoms with E-state index >= 15 is 0 Å². The highest BCUT2D eigenvalue weighted by molar-refractivity contribution is 6.44. The van der Waals surface area contributed by atoms with Crippen molar-refractivity contribution >= 4 is 104 Å². The second kappa shape index (κ2) is 10.2. The molecule has 0 bridgehead atoms. The molecule has 1 nitrogen and oxygen atoms in total. The van der Waals surface area contributed by atoms with Crippen LogP contribution in [0.5, 0.6) is 0 Å². The molecular formula is C23H8Cl9N. The van der Waals surface area contributed by atoms with Crippen molar-refractivity contribution < 1.29 is 0 Å². The molecule has 0 N–H and O–H groups in total. The molecule has 0 aliphatic carbocycles. The first-order chi connectivity index (χ1) is 15.6. The zero-order valence-corrected chi connectivity index (χ0v) is 22.8. The van der Waals surface area contributed by atoms with E-state index in [9.17, 15) is 0 Å². The summed E-state index contributed by atoms with van der Waals surface area (Å²) in [6.45, 7) is 0. The highest BCUT2D eigenvalue weighted by atomic mass is 35.5. The number of benzene rings is 3. The Morgan fingerprint density at radius 1 is 0.394 bits per heavy atom. The summed E-state index contributed by atoms with van der Waals surface area (Å²) < 4.78 is 0. The molecular weight excluding hydrogens is 609 g/mol. The average Bonchev–Trinajstić information content (AvgIpc) is 2.67. The number of hydrogen-bond donors (Lipinski definition) is 0. The molecule has 0 spiro atoms. The molecule has 4 rings (SSSR count). The lowest BCUT2D eigenvalue weighted by Gasteiger charge is -2.18. The van der Waals surface area contributed by atoms with Gasteiger partial charge in [-0.1, -0.05) is 104 Å². The number of aromatic nitrogens is 1. The van der Waals surface area contributed by atoms with E-state index in [2.05, 4.69) is 4.98 Å². The molecule has 0 aliphatic rings. The first-order valence-corrected chi connectivity index (χ1v) is 12.4. The lowest BCUT2D eigenvalue weighted by atomic mass is 9.94. The molecule has 0 radical (unpaired) electrons. The minimum Gasteiger partial charge on any atom is -0.255 e. The minimum atomic E-state index is 0.320. The molecule has 0 unspecified atom stereocenters. The quantitative estimate of drug-likeness (QED) is 0.223. The van der Waals surface area contributed by atoms with Crippen LogP contribution < -0.4 is 0 Å². The van der Waals surface area contributed by atoms with Crippen molar-refractivity contribution in [2.75, 3.05) is 0 Å². The van der Waals surface area contributed by atoms with Gasteiger partial charge < -0.3 is 0 Å². The third-order valence-electron chi connectivity index (χ3n) is 4.72. The first kappa shape index (κ1) is 25.5. The third-order valence-corrected chi connectivity index (χ3v) is 7.16. The molecule has 3 aromatic carbocycles. The first-order valence-electron chi connectivity index (χ1n) is 9.01. The summed E-state index contributed by atoms with van der Waals surface area (Å²) in [5, 5.41) is 3.12. The lowest BCUT2D eigenvalue weighted by Crippen LogP contribution is -1.95. The van der Waals surface area contributed by atoms with Gasteiger partial charge in [0.25, 0.3) is 0 Å². The Labute approximate surface area is 235 Å². The van der Waals surface area contributed by atoms with Crippen LogP contribution in [0.1, 0.15) is 0 Å². The predicted molar refractivity (Wildman–Crippen MR) is 146 cm³/mol. The molecule has 0 aliphatic heterocycles. The molecule has 4 aromatic rings. The van der Waals surface area contributed by atoms with Gasteiger partial charge >= 0.3 is 0 Å². The van der Waals surface area contributed by atoms with E-state index in [0.29, 0.717) is 78.7 Å². The maximum atomic E-state index is 6.57. The van der Waals surface area contributed by atoms with Crippen LogP contribution in [0.25, 0.3) is 33.5 Å². The monoisotopic (exact) mass is 613 g/mol. The summed E-state index contributed by atoms with van der Waals surface area (Å²) in [6, 6.07) is 11.2. The molecule has 10 heteroatoms. The molecule has 168 valence electrons. The molecule has 33 heavy (non-hydrogen) atoms. The fraction of sp³-hybridized carbons (Fsp3) is 0. The zero-order chi connectivity index (χ0) is 24.0. The maximum Gasteiger partial charge on any atom is 0.0738 e. The second-order valence-corrected chi connectivity index (χ2v) is 10.6. The Hall–Kier alpha value is -0.580. The zero-order valence-electron chi connectivity index (χ0n) is 16.0. The molecule has 0 saturated heterocycles. The van der Waals surface area contributed by atoms with Gasteiger partial charge in [0.15, 0.2) is 0 Å². The number of pyridine rings is 1. The molecule has 0 amide bonds. The van der Waals surface area contributed by atoms with Gasteiger partial charge in [-0.25, -0.2) is 0 Å². The van der Waals surface area contributed by atoms with Crippen molar-refractivity contribution in [1.82, 2.24) is 4.98 Å². The van der Waals surface area contributed by atoms with Gasteiger partial charge in [0, 0.05) is 43.5 Å². The molecule has 0 atom stereocenters. The summed E-state index contributed by atoms with van der Waals surface area (Å²) in [4.78, 5) is 4.57. The molecule has 0 saturated carbocycles. The topological polar surface area (TPSA) is 12.9 Å². The normalized spacial score (nSPS) is 11.2. The Bertz CT molecular complexity index is 1350. The van der Waals surface area contributed by atoms with E-state index in [1.165, 1.54) is 0 Å².